The summed E-state index contributed by atoms with van der Waals surface area (Å²) in [6.07, 6.45) is 0. The number of rotatable bonds is 5. The van der Waals surface area contributed by atoms with E-state index in [0.29, 0.717) is 17.8 Å². The highest BCUT2D eigenvalue weighted by Crippen LogP contribution is 2.27. The third-order valence-electron chi connectivity index (χ3n) is 4.76. The van der Waals surface area contributed by atoms with Crippen molar-refractivity contribution in [3.63, 3.8) is 0 Å². The maximum absolute atomic E-state index is 13.9. The number of aromatic amines is 1. The third-order valence-corrected chi connectivity index (χ3v) is 5.86. The van der Waals surface area contributed by atoms with Crippen molar-refractivity contribution in [3.05, 3.63) is 56.2 Å². The van der Waals surface area contributed by atoms with Gasteiger partial charge in [0.1, 0.15) is 10.7 Å². The van der Waals surface area contributed by atoms with Crippen LogP contribution in [0.2, 0.25) is 0 Å². The van der Waals surface area contributed by atoms with E-state index in [4.69, 9.17) is 4.74 Å². The van der Waals surface area contributed by atoms with Crippen LogP contribution in [0.25, 0.3) is 10.2 Å². The Labute approximate surface area is 155 Å². The van der Waals surface area contributed by atoms with Crippen molar-refractivity contribution in [2.75, 3.05) is 14.2 Å². The monoisotopic (exact) mass is 375 g/mol. The number of H-pyrrole nitrogens is 1. The van der Waals surface area contributed by atoms with Crippen LogP contribution in [0.4, 0.5) is 4.39 Å². The van der Waals surface area contributed by atoms with Gasteiger partial charge in [-0.05, 0) is 51.1 Å². The molecule has 0 fully saturated rings. The predicted octanol–water partition coefficient (Wildman–Crippen LogP) is 3.94. The Bertz CT molecular complexity index is 1010. The Kier molecular flexibility index (Phi) is 5.11. The first kappa shape index (κ1) is 18.5. The molecule has 0 spiro atoms. The van der Waals surface area contributed by atoms with E-state index < -0.39 is 0 Å². The van der Waals surface area contributed by atoms with Gasteiger partial charge in [0.25, 0.3) is 5.56 Å². The number of nitrogens with zero attached hydrogens (tertiary/aromatic N) is 2. The molecule has 5 nitrogen and oxygen atoms in total. The molecule has 7 heteroatoms. The summed E-state index contributed by atoms with van der Waals surface area (Å²) in [6, 6.07) is 4.79. The highest BCUT2D eigenvalue weighted by atomic mass is 32.1. The number of benzene rings is 1. The van der Waals surface area contributed by atoms with Gasteiger partial charge in [-0.25, -0.2) is 9.37 Å². The van der Waals surface area contributed by atoms with Gasteiger partial charge in [-0.3, -0.25) is 9.69 Å². The van der Waals surface area contributed by atoms with Crippen molar-refractivity contribution < 1.29 is 9.13 Å². The molecule has 0 amide bonds. The van der Waals surface area contributed by atoms with Crippen molar-refractivity contribution >= 4 is 21.6 Å². The van der Waals surface area contributed by atoms with Gasteiger partial charge < -0.3 is 9.72 Å². The van der Waals surface area contributed by atoms with Crippen LogP contribution in [-0.2, 0) is 6.54 Å². The van der Waals surface area contributed by atoms with Crippen molar-refractivity contribution in [1.82, 2.24) is 14.9 Å². The lowest BCUT2D eigenvalue weighted by atomic mass is 10.1. The average Bonchev–Trinajstić information content (AvgIpc) is 2.89. The molecule has 1 aromatic carbocycles. The number of thiophene rings is 1. The molecule has 0 bridgehead atoms. The van der Waals surface area contributed by atoms with E-state index >= 15 is 0 Å². The second-order valence-corrected chi connectivity index (χ2v) is 7.68. The summed E-state index contributed by atoms with van der Waals surface area (Å²) in [5, 5.41) is 0.670. The molecule has 3 rings (SSSR count). The average molecular weight is 375 g/mol. The Hall–Kier alpha value is -2.25. The van der Waals surface area contributed by atoms with E-state index in [-0.39, 0.29) is 23.2 Å². The zero-order valence-corrected chi connectivity index (χ0v) is 16.3. The minimum atomic E-state index is -0.386. The normalized spacial score (nSPS) is 12.7. The lowest BCUT2D eigenvalue weighted by molar-refractivity contribution is 0.243. The van der Waals surface area contributed by atoms with Crippen LogP contribution in [-0.4, -0.2) is 29.0 Å². The number of aromatic nitrogens is 2. The summed E-state index contributed by atoms with van der Waals surface area (Å²) in [7, 11) is 3.36. The fraction of sp³-hybridized carbons (Fsp3) is 0.368. The van der Waals surface area contributed by atoms with Gasteiger partial charge in [-0.2, -0.15) is 0 Å². The number of nitrogens with one attached hydrogen (secondary N) is 1. The summed E-state index contributed by atoms with van der Waals surface area (Å²) >= 11 is 1.53. The summed E-state index contributed by atoms with van der Waals surface area (Å²) in [6.45, 7) is 6.43. The Morgan fingerprint density at radius 1 is 1.38 bits per heavy atom. The maximum atomic E-state index is 13.9. The van der Waals surface area contributed by atoms with Crippen LogP contribution in [0, 0.1) is 19.7 Å². The molecule has 0 aliphatic heterocycles. The highest BCUT2D eigenvalue weighted by molar-refractivity contribution is 7.18. The number of methoxy groups -OCH3 is 1. The molecule has 0 aliphatic carbocycles. The molecular weight excluding hydrogens is 353 g/mol. The number of fused-ring (bicyclic) bond motifs is 1. The molecule has 138 valence electrons. The molecule has 1 unspecified atom stereocenters. The molecule has 2 heterocycles. The zero-order chi connectivity index (χ0) is 19.0. The summed E-state index contributed by atoms with van der Waals surface area (Å²) in [5.74, 6) is 0.452. The summed E-state index contributed by atoms with van der Waals surface area (Å²) in [4.78, 5) is 23.9. The second kappa shape index (κ2) is 7.17. The number of aryl methyl sites for hydroxylation is 2. The standard InChI is InChI=1S/C19H22FN3O2S/c1-10-12(3)26-19-16(10)18(24)21-17(22-19)11(2)23(4)9-13-6-7-15(25-5)14(20)8-13/h6-8,11H,9H2,1-5H3,(H,21,22,24). The fourth-order valence-electron chi connectivity index (χ4n) is 2.91. The van der Waals surface area contributed by atoms with Crippen LogP contribution in [0.3, 0.4) is 0 Å². The van der Waals surface area contributed by atoms with E-state index in [9.17, 15) is 9.18 Å². The van der Waals surface area contributed by atoms with Crippen molar-refractivity contribution in [2.45, 2.75) is 33.4 Å². The Balaban J connectivity index is 1.86. The minimum absolute atomic E-state index is 0.109. The number of ether oxygens (including phenoxy) is 1. The molecule has 0 saturated carbocycles. The molecule has 2 aromatic heterocycles. The number of halogens is 1. The van der Waals surface area contributed by atoms with Crippen molar-refractivity contribution in [1.29, 1.82) is 0 Å². The molecular formula is C19H22FN3O2S. The van der Waals surface area contributed by atoms with Crippen molar-refractivity contribution in [3.8, 4) is 5.75 Å². The fourth-order valence-corrected chi connectivity index (χ4v) is 3.95. The van der Waals surface area contributed by atoms with Crippen LogP contribution in [0.5, 0.6) is 5.75 Å². The van der Waals surface area contributed by atoms with E-state index in [1.54, 1.807) is 6.07 Å². The molecule has 0 saturated heterocycles. The number of hydrogen-bond acceptors (Lipinski definition) is 5. The lowest BCUT2D eigenvalue weighted by Gasteiger charge is -2.24. The van der Waals surface area contributed by atoms with E-state index in [1.165, 1.54) is 24.5 Å². The molecule has 3 aromatic rings. The molecule has 1 atom stereocenters. The minimum Gasteiger partial charge on any atom is -0.494 e. The highest BCUT2D eigenvalue weighted by Gasteiger charge is 2.18. The van der Waals surface area contributed by atoms with Gasteiger partial charge >= 0.3 is 0 Å². The topological polar surface area (TPSA) is 58.2 Å². The van der Waals surface area contributed by atoms with Crippen LogP contribution in [0.1, 0.15) is 34.8 Å². The first-order valence-corrected chi connectivity index (χ1v) is 9.16. The quantitative estimate of drug-likeness (QED) is 0.734. The van der Waals surface area contributed by atoms with Crippen LogP contribution in [0.15, 0.2) is 23.0 Å². The van der Waals surface area contributed by atoms with E-state index in [2.05, 4.69) is 9.97 Å². The first-order chi connectivity index (χ1) is 12.3. The van der Waals surface area contributed by atoms with Gasteiger partial charge in [0.15, 0.2) is 11.6 Å². The molecule has 26 heavy (non-hydrogen) atoms. The van der Waals surface area contributed by atoms with Gasteiger partial charge in [0.05, 0.1) is 18.5 Å². The smallest absolute Gasteiger partial charge is 0.259 e. The SMILES string of the molecule is COc1ccc(CN(C)C(C)c2nc3sc(C)c(C)c3c(=O)[nH]2)cc1F. The Morgan fingerprint density at radius 2 is 2.12 bits per heavy atom. The van der Waals surface area contributed by atoms with Gasteiger partial charge in [0, 0.05) is 11.4 Å². The zero-order valence-electron chi connectivity index (χ0n) is 15.5. The van der Waals surface area contributed by atoms with Crippen LogP contribution >= 0.6 is 11.3 Å². The summed E-state index contributed by atoms with van der Waals surface area (Å²) in [5.41, 5.74) is 1.70. The molecule has 0 aliphatic rings. The van der Waals surface area contributed by atoms with Gasteiger partial charge in [-0.15, -0.1) is 11.3 Å². The van der Waals surface area contributed by atoms with E-state index in [1.807, 2.05) is 38.8 Å². The maximum Gasteiger partial charge on any atom is 0.259 e. The molecule has 1 N–H and O–H groups in total. The predicted molar refractivity (Wildman–Crippen MR) is 103 cm³/mol. The molecule has 0 radical (unpaired) electrons. The number of hydrogen-bond donors (Lipinski definition) is 1. The van der Waals surface area contributed by atoms with E-state index in [0.717, 1.165) is 20.8 Å². The van der Waals surface area contributed by atoms with Gasteiger partial charge in [-0.1, -0.05) is 6.07 Å². The van der Waals surface area contributed by atoms with Crippen molar-refractivity contribution in [2.24, 2.45) is 0 Å². The second-order valence-electron chi connectivity index (χ2n) is 6.47. The van der Waals surface area contributed by atoms with Gasteiger partial charge in [0.2, 0.25) is 0 Å². The largest absolute Gasteiger partial charge is 0.494 e. The van der Waals surface area contributed by atoms with Crippen LogP contribution < -0.4 is 10.3 Å². The third kappa shape index (κ3) is 3.37. The lowest BCUT2D eigenvalue weighted by Crippen LogP contribution is -2.26. The first-order valence-electron chi connectivity index (χ1n) is 8.34. The summed E-state index contributed by atoms with van der Waals surface area (Å²) < 4.78 is 18.8. The Morgan fingerprint density at radius 3 is 2.77 bits per heavy atom.